The monoisotopic (exact) mass is 769 g/mol. The summed E-state index contributed by atoms with van der Waals surface area (Å²) in [7, 11) is 0. The quantitative estimate of drug-likeness (QED) is 0.157. The van der Waals surface area contributed by atoms with Crippen molar-refractivity contribution in [1.29, 1.82) is 0 Å². The van der Waals surface area contributed by atoms with E-state index in [0.717, 1.165) is 55.7 Å². The molecule has 0 amide bonds. The van der Waals surface area contributed by atoms with Gasteiger partial charge in [-0.3, -0.25) is 0 Å². The summed E-state index contributed by atoms with van der Waals surface area (Å²) in [5.41, 5.74) is 12.1. The molecule has 2 heterocycles. The van der Waals surface area contributed by atoms with E-state index in [4.69, 9.17) is 4.42 Å². The molecular formula is C56H35NOS. The van der Waals surface area contributed by atoms with Gasteiger partial charge in [-0.1, -0.05) is 152 Å². The largest absolute Gasteiger partial charge is 0.456 e. The molecule has 12 rings (SSSR count). The van der Waals surface area contributed by atoms with E-state index in [2.05, 4.69) is 205 Å². The molecule has 0 saturated heterocycles. The maximum atomic E-state index is 6.30. The number of furan rings is 1. The predicted octanol–water partition coefficient (Wildman–Crippen LogP) is 16.7. The molecule has 0 aliphatic carbocycles. The van der Waals surface area contributed by atoms with E-state index in [1.54, 1.807) is 0 Å². The van der Waals surface area contributed by atoms with Crippen molar-refractivity contribution in [3.05, 3.63) is 212 Å². The van der Waals surface area contributed by atoms with Gasteiger partial charge >= 0.3 is 0 Å². The minimum atomic E-state index is 0.900. The summed E-state index contributed by atoms with van der Waals surface area (Å²) in [6.07, 6.45) is 0. The molecule has 0 saturated carbocycles. The number of thiophene rings is 1. The highest BCUT2D eigenvalue weighted by Crippen LogP contribution is 2.47. The topological polar surface area (TPSA) is 16.4 Å². The molecule has 276 valence electrons. The summed E-state index contributed by atoms with van der Waals surface area (Å²) in [6.45, 7) is 0. The van der Waals surface area contributed by atoms with Crippen LogP contribution >= 0.6 is 11.3 Å². The molecule has 0 atom stereocenters. The second-order valence-corrected chi connectivity index (χ2v) is 16.3. The molecule has 2 aromatic heterocycles. The lowest BCUT2D eigenvalue weighted by molar-refractivity contribution is 0.669. The van der Waals surface area contributed by atoms with Crippen molar-refractivity contribution in [1.82, 2.24) is 0 Å². The second kappa shape index (κ2) is 13.6. The van der Waals surface area contributed by atoms with Gasteiger partial charge in [-0.25, -0.2) is 0 Å². The fraction of sp³-hybridized carbons (Fsp3) is 0. The van der Waals surface area contributed by atoms with Gasteiger partial charge < -0.3 is 9.32 Å². The van der Waals surface area contributed by atoms with Gasteiger partial charge in [0.2, 0.25) is 0 Å². The van der Waals surface area contributed by atoms with Crippen LogP contribution in [0.2, 0.25) is 0 Å². The molecule has 10 aromatic carbocycles. The standard InChI is InChI=1S/C56H35NOS/c1-2-12-37(13-3-1)44-29-25-40(51-32-39-14-4-5-15-43(39)45-16-6-7-17-46(45)51)33-52(44)57(42-28-31-50-49-19-9-11-21-55(49)59-56(50)35-42)41-26-22-36(23-27-41)38-24-30-48-47-18-8-10-20-53(47)58-54(48)34-38/h1-35H. The van der Waals surface area contributed by atoms with Crippen molar-refractivity contribution in [3.63, 3.8) is 0 Å². The summed E-state index contributed by atoms with van der Waals surface area (Å²) in [5.74, 6) is 0. The van der Waals surface area contributed by atoms with Crippen molar-refractivity contribution in [2.75, 3.05) is 4.90 Å². The molecule has 2 nitrogen and oxygen atoms in total. The Morgan fingerprint density at radius 2 is 0.949 bits per heavy atom. The average molecular weight is 770 g/mol. The second-order valence-electron chi connectivity index (χ2n) is 15.3. The molecule has 0 aliphatic rings. The molecule has 59 heavy (non-hydrogen) atoms. The number of hydrogen-bond acceptors (Lipinski definition) is 3. The molecule has 0 spiro atoms. The Morgan fingerprint density at radius 1 is 0.322 bits per heavy atom. The van der Waals surface area contributed by atoms with Crippen LogP contribution in [0, 0.1) is 0 Å². The van der Waals surface area contributed by atoms with Gasteiger partial charge in [-0.05, 0) is 110 Å². The van der Waals surface area contributed by atoms with Gasteiger partial charge in [0, 0.05) is 47.9 Å². The molecule has 0 bridgehead atoms. The minimum Gasteiger partial charge on any atom is -0.456 e. The molecule has 0 unspecified atom stereocenters. The van der Waals surface area contributed by atoms with E-state index in [0.29, 0.717) is 0 Å². The van der Waals surface area contributed by atoms with Crippen LogP contribution in [0.15, 0.2) is 217 Å². The minimum absolute atomic E-state index is 0.900. The SMILES string of the molecule is c1ccc(-c2ccc(-c3cc4ccccc4c4ccccc34)cc2N(c2ccc(-c3ccc4c(c3)oc3ccccc34)cc2)c2ccc3c(c2)sc2ccccc23)cc1. The fourth-order valence-electron chi connectivity index (χ4n) is 9.03. The number of para-hydroxylation sites is 1. The normalized spacial score (nSPS) is 11.7. The molecule has 0 fully saturated rings. The molecule has 0 radical (unpaired) electrons. The first-order valence-corrected chi connectivity index (χ1v) is 20.9. The Hall–Kier alpha value is -7.46. The van der Waals surface area contributed by atoms with Crippen LogP contribution in [0.3, 0.4) is 0 Å². The van der Waals surface area contributed by atoms with Crippen LogP contribution in [0.4, 0.5) is 17.1 Å². The van der Waals surface area contributed by atoms with Crippen LogP contribution in [-0.4, -0.2) is 0 Å². The molecule has 0 aliphatic heterocycles. The molecule has 12 aromatic rings. The summed E-state index contributed by atoms with van der Waals surface area (Å²) >= 11 is 1.85. The van der Waals surface area contributed by atoms with Crippen molar-refractivity contribution >= 4 is 92.1 Å². The van der Waals surface area contributed by atoms with E-state index in [9.17, 15) is 0 Å². The average Bonchev–Trinajstić information content (AvgIpc) is 3.87. The van der Waals surface area contributed by atoms with Gasteiger partial charge in [0.05, 0.1) is 5.69 Å². The van der Waals surface area contributed by atoms with Gasteiger partial charge in [0.15, 0.2) is 0 Å². The van der Waals surface area contributed by atoms with E-state index in [1.165, 1.54) is 58.4 Å². The fourth-order valence-corrected chi connectivity index (χ4v) is 10.2. The first kappa shape index (κ1) is 33.7. The summed E-state index contributed by atoms with van der Waals surface area (Å²) < 4.78 is 8.86. The summed E-state index contributed by atoms with van der Waals surface area (Å²) in [5, 5.41) is 9.87. The number of benzene rings is 10. The zero-order chi connectivity index (χ0) is 38.9. The van der Waals surface area contributed by atoms with E-state index >= 15 is 0 Å². The smallest absolute Gasteiger partial charge is 0.136 e. The Labute approximate surface area is 345 Å². The van der Waals surface area contributed by atoms with Crippen LogP contribution in [-0.2, 0) is 0 Å². The maximum absolute atomic E-state index is 6.30. The third-order valence-corrected chi connectivity index (χ3v) is 13.0. The zero-order valence-corrected chi connectivity index (χ0v) is 32.8. The Bertz CT molecular complexity index is 3560. The maximum Gasteiger partial charge on any atom is 0.136 e. The van der Waals surface area contributed by atoms with Crippen LogP contribution < -0.4 is 4.90 Å². The highest BCUT2D eigenvalue weighted by atomic mass is 32.1. The molecular weight excluding hydrogens is 735 g/mol. The number of rotatable bonds is 6. The van der Waals surface area contributed by atoms with Gasteiger partial charge in [-0.15, -0.1) is 11.3 Å². The zero-order valence-electron chi connectivity index (χ0n) is 32.0. The van der Waals surface area contributed by atoms with Crippen LogP contribution in [0.1, 0.15) is 0 Å². The first-order chi connectivity index (χ1) is 29.2. The van der Waals surface area contributed by atoms with Crippen molar-refractivity contribution < 1.29 is 4.42 Å². The first-order valence-electron chi connectivity index (χ1n) is 20.1. The molecule has 0 N–H and O–H groups in total. The number of nitrogens with zero attached hydrogens (tertiary/aromatic N) is 1. The third kappa shape index (κ3) is 5.62. The summed E-state index contributed by atoms with van der Waals surface area (Å²) in [6, 6.07) is 77.2. The van der Waals surface area contributed by atoms with Crippen LogP contribution in [0.5, 0.6) is 0 Å². The van der Waals surface area contributed by atoms with Crippen molar-refractivity contribution in [2.45, 2.75) is 0 Å². The third-order valence-electron chi connectivity index (χ3n) is 11.9. The lowest BCUT2D eigenvalue weighted by atomic mass is 9.91. The van der Waals surface area contributed by atoms with Crippen molar-refractivity contribution in [3.8, 4) is 33.4 Å². The molecule has 3 heteroatoms. The van der Waals surface area contributed by atoms with Crippen LogP contribution in [0.25, 0.3) is 97.0 Å². The van der Waals surface area contributed by atoms with Gasteiger partial charge in [0.1, 0.15) is 11.2 Å². The number of anilines is 3. The van der Waals surface area contributed by atoms with E-state index < -0.39 is 0 Å². The van der Waals surface area contributed by atoms with Gasteiger partial charge in [-0.2, -0.15) is 0 Å². The van der Waals surface area contributed by atoms with Gasteiger partial charge in [0.25, 0.3) is 0 Å². The predicted molar refractivity (Wildman–Crippen MR) is 253 cm³/mol. The van der Waals surface area contributed by atoms with Crippen molar-refractivity contribution in [2.24, 2.45) is 0 Å². The summed E-state index contributed by atoms with van der Waals surface area (Å²) in [4.78, 5) is 2.45. The van der Waals surface area contributed by atoms with E-state index in [1.807, 2.05) is 23.5 Å². The lowest BCUT2D eigenvalue weighted by Gasteiger charge is -2.29. The highest BCUT2D eigenvalue weighted by molar-refractivity contribution is 7.25. The van der Waals surface area contributed by atoms with E-state index in [-0.39, 0.29) is 0 Å². The lowest BCUT2D eigenvalue weighted by Crippen LogP contribution is -2.11. The number of hydrogen-bond donors (Lipinski definition) is 0. The Kier molecular flexibility index (Phi) is 7.75. The number of fused-ring (bicyclic) bond motifs is 9. The Morgan fingerprint density at radius 3 is 1.81 bits per heavy atom. The Balaban J connectivity index is 1.07. The highest BCUT2D eigenvalue weighted by Gasteiger charge is 2.21.